The molecule has 2 rings (SSSR count). The Hall–Kier alpha value is -2.67. The second-order valence-corrected chi connectivity index (χ2v) is 5.80. The number of nitrogens with zero attached hydrogens (tertiary/aromatic N) is 1. The number of halogens is 1. The number of ether oxygens (including phenoxy) is 1. The Morgan fingerprint density at radius 3 is 2.72 bits per heavy atom. The predicted molar refractivity (Wildman–Crippen MR) is 93.5 cm³/mol. The van der Waals surface area contributed by atoms with Gasteiger partial charge in [-0.1, -0.05) is 36.7 Å². The maximum atomic E-state index is 12.2. The van der Waals surface area contributed by atoms with E-state index in [1.54, 1.807) is 24.3 Å². The van der Waals surface area contributed by atoms with E-state index in [0.29, 0.717) is 10.9 Å². The fraction of sp³-hybridized carbons (Fsp3) is 0.294. The van der Waals surface area contributed by atoms with E-state index < -0.39 is 24.5 Å². The van der Waals surface area contributed by atoms with Gasteiger partial charge in [0.25, 0.3) is 5.91 Å². The van der Waals surface area contributed by atoms with Crippen molar-refractivity contribution < 1.29 is 19.1 Å². The van der Waals surface area contributed by atoms with Crippen LogP contribution >= 0.6 is 11.6 Å². The quantitative estimate of drug-likeness (QED) is 0.628. The first-order valence-corrected chi connectivity index (χ1v) is 8.11. The molecule has 0 bridgehead atoms. The average molecular weight is 364 g/mol. The fourth-order valence-corrected chi connectivity index (χ4v) is 2.25. The molecule has 0 aliphatic heterocycles. The van der Waals surface area contributed by atoms with Crippen molar-refractivity contribution in [2.24, 2.45) is 0 Å². The van der Waals surface area contributed by atoms with Crippen molar-refractivity contribution in [2.75, 3.05) is 6.61 Å². The number of hydrogen-bond acceptors (Lipinski definition) is 5. The predicted octanol–water partition coefficient (Wildman–Crippen LogP) is 2.67. The van der Waals surface area contributed by atoms with E-state index in [4.69, 9.17) is 16.3 Å². The maximum absolute atomic E-state index is 12.2. The number of imide groups is 1. The number of carbonyl (C=O) groups is 3. The molecule has 7 nitrogen and oxygen atoms in total. The van der Waals surface area contributed by atoms with Crippen LogP contribution in [0.2, 0.25) is 5.15 Å². The smallest absolute Gasteiger partial charge is 0.339 e. The minimum atomic E-state index is -0.724. The summed E-state index contributed by atoms with van der Waals surface area (Å²) in [5, 5.41) is 5.37. The van der Waals surface area contributed by atoms with E-state index in [-0.39, 0.29) is 16.8 Å². The molecule has 0 radical (unpaired) electrons. The van der Waals surface area contributed by atoms with Gasteiger partial charge in [-0.05, 0) is 25.5 Å². The summed E-state index contributed by atoms with van der Waals surface area (Å²) in [6, 6.07) is 7.61. The first kappa shape index (κ1) is 18.7. The number of esters is 1. The molecule has 25 heavy (non-hydrogen) atoms. The average Bonchev–Trinajstić information content (AvgIpc) is 2.58. The third-order valence-corrected chi connectivity index (χ3v) is 3.68. The molecule has 0 fully saturated rings. The standard InChI is InChI=1S/C17H18ClN3O4/c1-3-10(2)19-17(24)21-15(22)9-25-16(23)12-8-14(18)20-13-7-5-4-6-11(12)13/h4-8,10H,3,9H2,1-2H3,(H2,19,21,22,24)/t10-/m1/s1. The summed E-state index contributed by atoms with van der Waals surface area (Å²) in [6.07, 6.45) is 0.729. The highest BCUT2D eigenvalue weighted by molar-refractivity contribution is 6.30. The first-order valence-electron chi connectivity index (χ1n) is 7.73. The third kappa shape index (κ3) is 5.15. The Morgan fingerprint density at radius 1 is 1.28 bits per heavy atom. The lowest BCUT2D eigenvalue weighted by Crippen LogP contribution is -2.44. The van der Waals surface area contributed by atoms with Gasteiger partial charge < -0.3 is 10.1 Å². The van der Waals surface area contributed by atoms with Crippen LogP contribution in [0.4, 0.5) is 4.79 Å². The summed E-state index contributed by atoms with van der Waals surface area (Å²) >= 11 is 5.91. The van der Waals surface area contributed by atoms with Gasteiger partial charge in [-0.2, -0.15) is 0 Å². The summed E-state index contributed by atoms with van der Waals surface area (Å²) in [5.41, 5.74) is 0.742. The van der Waals surface area contributed by atoms with Crippen molar-refractivity contribution >= 4 is 40.4 Å². The molecule has 0 aliphatic rings. The SMILES string of the molecule is CC[C@@H](C)NC(=O)NC(=O)COC(=O)c1cc(Cl)nc2ccccc12. The lowest BCUT2D eigenvalue weighted by molar-refractivity contribution is -0.123. The van der Waals surface area contributed by atoms with Crippen molar-refractivity contribution in [1.82, 2.24) is 15.6 Å². The van der Waals surface area contributed by atoms with Gasteiger partial charge in [0.1, 0.15) is 5.15 Å². The van der Waals surface area contributed by atoms with E-state index in [2.05, 4.69) is 15.6 Å². The Bertz CT molecular complexity index is 810. The van der Waals surface area contributed by atoms with Crippen molar-refractivity contribution in [1.29, 1.82) is 0 Å². The first-order chi connectivity index (χ1) is 11.9. The highest BCUT2D eigenvalue weighted by atomic mass is 35.5. The number of pyridine rings is 1. The second kappa shape index (κ2) is 8.43. The molecule has 1 aromatic carbocycles. The number of carbonyl (C=O) groups excluding carboxylic acids is 3. The molecule has 132 valence electrons. The van der Waals surface area contributed by atoms with Crippen LogP contribution in [0.5, 0.6) is 0 Å². The molecular formula is C17H18ClN3O4. The molecule has 2 aromatic rings. The molecule has 0 saturated carbocycles. The summed E-state index contributed by atoms with van der Waals surface area (Å²) in [4.78, 5) is 39.6. The molecule has 1 heterocycles. The van der Waals surface area contributed by atoms with Crippen LogP contribution < -0.4 is 10.6 Å². The summed E-state index contributed by atoms with van der Waals surface area (Å²) in [5.74, 6) is -1.45. The molecular weight excluding hydrogens is 346 g/mol. The van der Waals surface area contributed by atoms with Crippen LogP contribution in [0.15, 0.2) is 30.3 Å². The van der Waals surface area contributed by atoms with Crippen molar-refractivity contribution in [2.45, 2.75) is 26.3 Å². The summed E-state index contributed by atoms with van der Waals surface area (Å²) in [7, 11) is 0. The van der Waals surface area contributed by atoms with Crippen LogP contribution in [-0.4, -0.2) is 35.5 Å². The molecule has 0 saturated heterocycles. The van der Waals surface area contributed by atoms with Gasteiger partial charge in [0.2, 0.25) is 0 Å². The van der Waals surface area contributed by atoms with E-state index in [9.17, 15) is 14.4 Å². The number of aromatic nitrogens is 1. The van der Waals surface area contributed by atoms with Crippen molar-refractivity contribution in [3.05, 3.63) is 41.0 Å². The van der Waals surface area contributed by atoms with E-state index in [1.807, 2.05) is 13.8 Å². The monoisotopic (exact) mass is 363 g/mol. The number of benzene rings is 1. The van der Waals surface area contributed by atoms with Gasteiger partial charge in [-0.3, -0.25) is 10.1 Å². The molecule has 0 aliphatic carbocycles. The number of para-hydroxylation sites is 1. The number of fused-ring (bicyclic) bond motifs is 1. The van der Waals surface area contributed by atoms with Crippen LogP contribution in [0, 0.1) is 0 Å². The van der Waals surface area contributed by atoms with E-state index >= 15 is 0 Å². The van der Waals surface area contributed by atoms with Gasteiger partial charge >= 0.3 is 12.0 Å². The maximum Gasteiger partial charge on any atom is 0.339 e. The summed E-state index contributed by atoms with van der Waals surface area (Å²) in [6.45, 7) is 3.13. The zero-order valence-corrected chi connectivity index (χ0v) is 14.6. The van der Waals surface area contributed by atoms with Crippen LogP contribution in [0.25, 0.3) is 10.9 Å². The highest BCUT2D eigenvalue weighted by Gasteiger charge is 2.16. The number of urea groups is 1. The number of rotatable bonds is 5. The molecule has 0 unspecified atom stereocenters. The van der Waals surface area contributed by atoms with Crippen LogP contribution in [-0.2, 0) is 9.53 Å². The van der Waals surface area contributed by atoms with Gasteiger partial charge in [0, 0.05) is 11.4 Å². The fourth-order valence-electron chi connectivity index (χ4n) is 2.05. The normalized spacial score (nSPS) is 11.6. The minimum Gasteiger partial charge on any atom is -0.452 e. The molecule has 3 amide bonds. The lowest BCUT2D eigenvalue weighted by atomic mass is 10.1. The van der Waals surface area contributed by atoms with E-state index in [1.165, 1.54) is 6.07 Å². The largest absolute Gasteiger partial charge is 0.452 e. The van der Waals surface area contributed by atoms with Crippen molar-refractivity contribution in [3.63, 3.8) is 0 Å². The number of hydrogen-bond donors (Lipinski definition) is 2. The lowest BCUT2D eigenvalue weighted by Gasteiger charge is -2.12. The van der Waals surface area contributed by atoms with Gasteiger partial charge in [-0.15, -0.1) is 0 Å². The Labute approximate surface area is 149 Å². The molecule has 2 N–H and O–H groups in total. The summed E-state index contributed by atoms with van der Waals surface area (Å²) < 4.78 is 4.97. The molecule has 0 spiro atoms. The van der Waals surface area contributed by atoms with Crippen molar-refractivity contribution in [3.8, 4) is 0 Å². The number of nitrogens with one attached hydrogen (secondary N) is 2. The third-order valence-electron chi connectivity index (χ3n) is 3.48. The van der Waals surface area contributed by atoms with Crippen LogP contribution in [0.3, 0.4) is 0 Å². The molecule has 1 atom stereocenters. The highest BCUT2D eigenvalue weighted by Crippen LogP contribution is 2.21. The molecule has 8 heteroatoms. The van der Waals surface area contributed by atoms with Gasteiger partial charge in [0.05, 0.1) is 11.1 Å². The second-order valence-electron chi connectivity index (χ2n) is 5.42. The Balaban J connectivity index is 1.99. The van der Waals surface area contributed by atoms with Gasteiger partial charge in [0.15, 0.2) is 6.61 Å². The zero-order valence-electron chi connectivity index (χ0n) is 13.8. The Morgan fingerprint density at radius 2 is 2.00 bits per heavy atom. The van der Waals surface area contributed by atoms with Gasteiger partial charge in [-0.25, -0.2) is 14.6 Å². The Kier molecular flexibility index (Phi) is 6.30. The zero-order chi connectivity index (χ0) is 18.4. The molecule has 1 aromatic heterocycles. The topological polar surface area (TPSA) is 97.4 Å². The minimum absolute atomic E-state index is 0.0688. The van der Waals surface area contributed by atoms with Crippen LogP contribution in [0.1, 0.15) is 30.6 Å². The van der Waals surface area contributed by atoms with E-state index in [0.717, 1.165) is 6.42 Å². The number of amides is 3.